The lowest BCUT2D eigenvalue weighted by atomic mass is 10.2. The molecular weight excluding hydrogens is 258 g/mol. The third-order valence-electron chi connectivity index (χ3n) is 2.89. The molecule has 2 aromatic rings. The summed E-state index contributed by atoms with van der Waals surface area (Å²) in [5.74, 6) is 0.662. The zero-order valence-corrected chi connectivity index (χ0v) is 12.1. The fraction of sp³-hybridized carbons (Fsp3) is 0.267. The maximum atomic E-state index is 12.2. The van der Waals surface area contributed by atoms with E-state index < -0.39 is 0 Å². The molecule has 2 rings (SSSR count). The zero-order chi connectivity index (χ0) is 13.8. The molecule has 0 atom stereocenters. The van der Waals surface area contributed by atoms with Crippen LogP contribution in [0.1, 0.15) is 27.0 Å². The number of ether oxygens (including phenoxy) is 1. The number of carbonyl (C=O) groups excluding carboxylic acids is 1. The lowest BCUT2D eigenvalue weighted by Crippen LogP contribution is -2.10. The molecule has 0 saturated carbocycles. The van der Waals surface area contributed by atoms with E-state index in [-0.39, 0.29) is 5.91 Å². The van der Waals surface area contributed by atoms with Crippen LogP contribution in [0.15, 0.2) is 30.3 Å². The highest BCUT2D eigenvalue weighted by molar-refractivity contribution is 7.14. The minimum atomic E-state index is -0.0685. The van der Waals surface area contributed by atoms with Gasteiger partial charge in [0.1, 0.15) is 5.75 Å². The Morgan fingerprint density at radius 1 is 1.37 bits per heavy atom. The Morgan fingerprint density at radius 2 is 2.16 bits per heavy atom. The predicted octanol–water partition coefficient (Wildman–Crippen LogP) is 3.88. The zero-order valence-electron chi connectivity index (χ0n) is 11.3. The van der Waals surface area contributed by atoms with E-state index in [9.17, 15) is 4.79 Å². The summed E-state index contributed by atoms with van der Waals surface area (Å²) in [6, 6.07) is 9.30. The van der Waals surface area contributed by atoms with Crippen LogP contribution >= 0.6 is 11.3 Å². The maximum absolute atomic E-state index is 12.2. The van der Waals surface area contributed by atoms with Crippen LogP contribution in [0.2, 0.25) is 0 Å². The molecule has 0 saturated heterocycles. The monoisotopic (exact) mass is 275 g/mol. The lowest BCUT2D eigenvalue weighted by molar-refractivity contribution is 0.103. The quantitative estimate of drug-likeness (QED) is 0.919. The molecule has 0 radical (unpaired) electrons. The maximum Gasteiger partial charge on any atom is 0.265 e. The van der Waals surface area contributed by atoms with Crippen LogP contribution in [0, 0.1) is 6.92 Å². The molecule has 3 nitrogen and oxygen atoms in total. The van der Waals surface area contributed by atoms with Crippen LogP contribution in [-0.4, -0.2) is 13.0 Å². The van der Waals surface area contributed by atoms with Crippen molar-refractivity contribution in [1.82, 2.24) is 0 Å². The number of amides is 1. The number of aryl methyl sites for hydroxylation is 2. The first kappa shape index (κ1) is 13.6. The van der Waals surface area contributed by atoms with Gasteiger partial charge in [0, 0.05) is 16.6 Å². The van der Waals surface area contributed by atoms with Crippen molar-refractivity contribution in [1.29, 1.82) is 0 Å². The van der Waals surface area contributed by atoms with Gasteiger partial charge in [-0.05, 0) is 37.1 Å². The average molecular weight is 275 g/mol. The number of rotatable bonds is 4. The van der Waals surface area contributed by atoms with Gasteiger partial charge in [-0.15, -0.1) is 11.3 Å². The van der Waals surface area contributed by atoms with Gasteiger partial charge in [0.15, 0.2) is 0 Å². The number of methoxy groups -OCH3 is 1. The molecule has 0 fully saturated rings. The predicted molar refractivity (Wildman–Crippen MR) is 79.4 cm³/mol. The summed E-state index contributed by atoms with van der Waals surface area (Å²) in [5, 5.41) is 2.89. The molecule has 0 bridgehead atoms. The molecule has 0 aliphatic heterocycles. The minimum absolute atomic E-state index is 0.0685. The topological polar surface area (TPSA) is 38.3 Å². The van der Waals surface area contributed by atoms with Gasteiger partial charge >= 0.3 is 0 Å². The molecule has 1 aromatic heterocycles. The second kappa shape index (κ2) is 5.89. The van der Waals surface area contributed by atoms with E-state index in [4.69, 9.17) is 4.74 Å². The summed E-state index contributed by atoms with van der Waals surface area (Å²) in [4.78, 5) is 14.2. The van der Waals surface area contributed by atoms with E-state index in [0.29, 0.717) is 0 Å². The van der Waals surface area contributed by atoms with Gasteiger partial charge in [0.2, 0.25) is 0 Å². The van der Waals surface area contributed by atoms with Crippen LogP contribution < -0.4 is 10.1 Å². The Kier molecular flexibility index (Phi) is 4.22. The molecule has 1 amide bonds. The van der Waals surface area contributed by atoms with E-state index in [1.54, 1.807) is 24.5 Å². The lowest BCUT2D eigenvalue weighted by Gasteiger charge is -2.05. The highest BCUT2D eigenvalue weighted by atomic mass is 32.1. The molecule has 100 valence electrons. The van der Waals surface area contributed by atoms with Crippen molar-refractivity contribution >= 4 is 22.9 Å². The SMILES string of the molecule is CCc1sc(C(=O)Nc2cccc(OC)c2)cc1C. The van der Waals surface area contributed by atoms with Gasteiger partial charge in [-0.25, -0.2) is 0 Å². The molecule has 0 aliphatic rings. The summed E-state index contributed by atoms with van der Waals surface area (Å²) < 4.78 is 5.13. The van der Waals surface area contributed by atoms with Crippen LogP contribution in [0.3, 0.4) is 0 Å². The third-order valence-corrected chi connectivity index (χ3v) is 4.27. The molecule has 0 spiro atoms. The van der Waals surface area contributed by atoms with Gasteiger partial charge in [0.05, 0.1) is 12.0 Å². The third kappa shape index (κ3) is 3.15. The van der Waals surface area contributed by atoms with E-state index in [1.807, 2.05) is 31.2 Å². The first-order valence-corrected chi connectivity index (χ1v) is 7.00. The standard InChI is InChI=1S/C15H17NO2S/c1-4-13-10(2)8-14(19-13)15(17)16-11-6-5-7-12(9-11)18-3/h5-9H,4H2,1-3H3,(H,16,17). The van der Waals surface area contributed by atoms with Crippen LogP contribution in [0.5, 0.6) is 5.75 Å². The number of thiophene rings is 1. The molecule has 0 unspecified atom stereocenters. The van der Waals surface area contributed by atoms with Crippen molar-refractivity contribution in [2.75, 3.05) is 12.4 Å². The minimum Gasteiger partial charge on any atom is -0.497 e. The van der Waals surface area contributed by atoms with Crippen LogP contribution in [0.25, 0.3) is 0 Å². The van der Waals surface area contributed by atoms with Gasteiger partial charge in [-0.3, -0.25) is 4.79 Å². The van der Waals surface area contributed by atoms with Crippen molar-refractivity contribution in [3.05, 3.63) is 45.6 Å². The number of nitrogens with one attached hydrogen (secondary N) is 1. The smallest absolute Gasteiger partial charge is 0.265 e. The second-order valence-corrected chi connectivity index (χ2v) is 5.39. The Bertz CT molecular complexity index is 590. The number of hydrogen-bond donors (Lipinski definition) is 1. The molecular formula is C15H17NO2S. The van der Waals surface area contributed by atoms with Gasteiger partial charge in [-0.1, -0.05) is 13.0 Å². The Morgan fingerprint density at radius 3 is 2.79 bits per heavy atom. The first-order valence-electron chi connectivity index (χ1n) is 6.18. The number of hydrogen-bond acceptors (Lipinski definition) is 3. The van der Waals surface area contributed by atoms with Gasteiger partial charge < -0.3 is 10.1 Å². The van der Waals surface area contributed by atoms with Crippen LogP contribution in [0.4, 0.5) is 5.69 Å². The summed E-state index contributed by atoms with van der Waals surface area (Å²) >= 11 is 1.55. The van der Waals surface area contributed by atoms with E-state index >= 15 is 0 Å². The molecule has 1 aromatic carbocycles. The molecule has 19 heavy (non-hydrogen) atoms. The summed E-state index contributed by atoms with van der Waals surface area (Å²) in [6.07, 6.45) is 0.961. The Balaban J connectivity index is 2.15. The fourth-order valence-corrected chi connectivity index (χ4v) is 2.89. The van der Waals surface area contributed by atoms with E-state index in [1.165, 1.54) is 10.4 Å². The normalized spacial score (nSPS) is 10.3. The van der Waals surface area contributed by atoms with Gasteiger partial charge in [-0.2, -0.15) is 0 Å². The largest absolute Gasteiger partial charge is 0.497 e. The van der Waals surface area contributed by atoms with E-state index in [2.05, 4.69) is 12.2 Å². The summed E-state index contributed by atoms with van der Waals surface area (Å²) in [7, 11) is 1.61. The highest BCUT2D eigenvalue weighted by Crippen LogP contribution is 2.24. The first-order chi connectivity index (χ1) is 9.13. The fourth-order valence-electron chi connectivity index (χ4n) is 1.88. The molecule has 0 aliphatic carbocycles. The second-order valence-electron chi connectivity index (χ2n) is 4.26. The number of carbonyl (C=O) groups is 1. The van der Waals surface area contributed by atoms with Crippen LogP contribution in [-0.2, 0) is 6.42 Å². The Labute approximate surface area is 117 Å². The van der Waals surface area contributed by atoms with Gasteiger partial charge in [0.25, 0.3) is 5.91 Å². The molecule has 1 N–H and O–H groups in total. The average Bonchev–Trinajstić information content (AvgIpc) is 2.80. The molecule has 4 heteroatoms. The highest BCUT2D eigenvalue weighted by Gasteiger charge is 2.12. The van der Waals surface area contributed by atoms with Crippen molar-refractivity contribution in [2.45, 2.75) is 20.3 Å². The summed E-state index contributed by atoms with van der Waals surface area (Å²) in [6.45, 7) is 4.14. The van der Waals surface area contributed by atoms with Crippen molar-refractivity contribution in [3.8, 4) is 5.75 Å². The number of anilines is 1. The summed E-state index contributed by atoms with van der Waals surface area (Å²) in [5.41, 5.74) is 1.93. The number of benzene rings is 1. The molecule has 1 heterocycles. The van der Waals surface area contributed by atoms with Crippen molar-refractivity contribution < 1.29 is 9.53 Å². The van der Waals surface area contributed by atoms with Crippen molar-refractivity contribution in [2.24, 2.45) is 0 Å². The van der Waals surface area contributed by atoms with Crippen molar-refractivity contribution in [3.63, 3.8) is 0 Å². The Hall–Kier alpha value is -1.81. The van der Waals surface area contributed by atoms with E-state index in [0.717, 1.165) is 22.7 Å².